The minimum Gasteiger partial charge on any atom is -0.365 e. The molecule has 1 fully saturated rings. The smallest absolute Gasteiger partial charge is 0.276 e. The van der Waals surface area contributed by atoms with Crippen molar-refractivity contribution >= 4 is 45.4 Å². The van der Waals surface area contributed by atoms with E-state index >= 15 is 18.4 Å². The highest BCUT2D eigenvalue weighted by Gasteiger charge is 2.56. The summed E-state index contributed by atoms with van der Waals surface area (Å²) in [7, 11) is 0. The Morgan fingerprint density at radius 3 is 1.68 bits per heavy atom. The zero-order chi connectivity index (χ0) is 44.2. The first-order valence-corrected chi connectivity index (χ1v) is 22.4. The van der Waals surface area contributed by atoms with Crippen molar-refractivity contribution < 1.29 is 36.6 Å². The number of nitrogens with zero attached hydrogens (tertiary/aromatic N) is 4. The molecule has 2 amide bonds. The molecule has 1 saturated carbocycles. The summed E-state index contributed by atoms with van der Waals surface area (Å²) in [6.07, 6.45) is 0.186. The van der Waals surface area contributed by atoms with Crippen LogP contribution in [0.2, 0.25) is 0 Å². The van der Waals surface area contributed by atoms with Gasteiger partial charge >= 0.3 is 0 Å². The van der Waals surface area contributed by atoms with Gasteiger partial charge in [0, 0.05) is 17.5 Å². The lowest BCUT2D eigenvalue weighted by Crippen LogP contribution is -2.56. The van der Waals surface area contributed by atoms with Gasteiger partial charge in [-0.15, -0.1) is 0 Å². The number of hydrazone groups is 2. The molecule has 4 aromatic rings. The Morgan fingerprint density at radius 2 is 1.23 bits per heavy atom. The highest BCUT2D eigenvalue weighted by molar-refractivity contribution is 8.15. The van der Waals surface area contributed by atoms with Crippen LogP contribution in [-0.2, 0) is 28.8 Å². The Bertz CT molecular complexity index is 2320. The van der Waals surface area contributed by atoms with Gasteiger partial charge in [0.1, 0.15) is 54.8 Å². The predicted octanol–water partition coefficient (Wildman–Crippen LogP) is 8.72. The number of nitrogens with two attached hydrogens (primary N) is 2. The fourth-order valence-electron chi connectivity index (χ4n) is 7.86. The van der Waals surface area contributed by atoms with Gasteiger partial charge in [0.15, 0.2) is 0 Å². The van der Waals surface area contributed by atoms with E-state index in [2.05, 4.69) is 0 Å². The number of carbonyl (C=O) groups excluding carboxylic acids is 2. The molecule has 2 heterocycles. The maximum Gasteiger partial charge on any atom is 0.276 e. The van der Waals surface area contributed by atoms with E-state index < -0.39 is 62.6 Å². The van der Waals surface area contributed by atoms with Crippen molar-refractivity contribution in [1.82, 2.24) is 10.0 Å². The van der Waals surface area contributed by atoms with Crippen molar-refractivity contribution in [3.05, 3.63) is 143 Å². The standard InChI is InChI=1S/C46H50F4N6O4S2/c1-29(2)60-44(3,43(58)56-46(23-11-25-52,31-14-8-5-9-15-31)62-41(54-56)36-27-33(48)17-21-38(36)50)28-39(59-34-18-19-34)42(57)55-45(22-10-24-51,30-12-6-4-7-13-30)61-40(53-55)35-26-32(47)16-20-37(35)49/h4-9,12-17,20-21,26-27,29,34,39H,10-11,18-19,22-25,28,51-52H2,1-3H3/t39?,44-,45?,46?/m0/s1. The molecule has 16 heteroatoms. The summed E-state index contributed by atoms with van der Waals surface area (Å²) in [5.74, 6) is -4.11. The summed E-state index contributed by atoms with van der Waals surface area (Å²) in [6, 6.07) is 24.4. The monoisotopic (exact) mass is 890 g/mol. The van der Waals surface area contributed by atoms with Crippen LogP contribution in [0.1, 0.15) is 88.0 Å². The number of hydrogen-bond donors (Lipinski definition) is 2. The second-order valence-electron chi connectivity index (χ2n) is 16.0. The number of carbonyl (C=O) groups is 2. The van der Waals surface area contributed by atoms with E-state index in [-0.39, 0.29) is 59.7 Å². The number of thioether (sulfide) groups is 2. The maximum absolute atomic E-state index is 15.6. The van der Waals surface area contributed by atoms with Crippen LogP contribution in [0.3, 0.4) is 0 Å². The molecule has 3 unspecified atom stereocenters. The van der Waals surface area contributed by atoms with Gasteiger partial charge in [0.2, 0.25) is 0 Å². The van der Waals surface area contributed by atoms with Crippen LogP contribution in [-0.4, -0.2) is 68.9 Å². The average molecular weight is 891 g/mol. The van der Waals surface area contributed by atoms with Gasteiger partial charge in [-0.3, -0.25) is 9.59 Å². The van der Waals surface area contributed by atoms with E-state index in [9.17, 15) is 8.78 Å². The number of hydrogen-bond acceptors (Lipinski definition) is 10. The SMILES string of the molecule is CC(C)O[C@@](C)(CC(OC1CC1)C(=O)N1N=C(c2cc(F)ccc2F)SC1(CCCN)c1ccccc1)C(=O)N1N=C(c2cc(F)ccc2F)SC1(CCCN)c1ccccc1. The lowest BCUT2D eigenvalue weighted by atomic mass is 9.92. The molecular weight excluding hydrogens is 841 g/mol. The molecule has 1 aliphatic carbocycles. The zero-order valence-electron chi connectivity index (χ0n) is 34.7. The number of amides is 2. The molecule has 328 valence electrons. The largest absolute Gasteiger partial charge is 0.365 e. The Labute approximate surface area is 367 Å². The van der Waals surface area contributed by atoms with Crippen LogP contribution in [0.25, 0.3) is 0 Å². The summed E-state index contributed by atoms with van der Waals surface area (Å²) in [6.45, 7) is 5.61. The van der Waals surface area contributed by atoms with Gasteiger partial charge in [-0.25, -0.2) is 27.6 Å². The highest BCUT2D eigenvalue weighted by atomic mass is 32.2. The van der Waals surface area contributed by atoms with Gasteiger partial charge < -0.3 is 20.9 Å². The molecule has 2 aliphatic heterocycles. The molecule has 0 aromatic heterocycles. The first kappa shape index (κ1) is 45.4. The summed E-state index contributed by atoms with van der Waals surface area (Å²) < 4.78 is 73.5. The van der Waals surface area contributed by atoms with E-state index in [1.807, 2.05) is 60.7 Å². The van der Waals surface area contributed by atoms with E-state index in [0.717, 1.165) is 59.9 Å². The highest BCUT2D eigenvalue weighted by Crippen LogP contribution is 2.54. The van der Waals surface area contributed by atoms with Crippen LogP contribution in [0.15, 0.2) is 107 Å². The third kappa shape index (κ3) is 9.36. The molecule has 10 nitrogen and oxygen atoms in total. The molecular formula is C46H50F4N6O4S2. The summed E-state index contributed by atoms with van der Waals surface area (Å²) >= 11 is 2.23. The third-order valence-electron chi connectivity index (χ3n) is 10.9. The molecule has 4 atom stereocenters. The van der Waals surface area contributed by atoms with Gasteiger partial charge in [-0.2, -0.15) is 10.2 Å². The lowest BCUT2D eigenvalue weighted by molar-refractivity contribution is -0.176. The van der Waals surface area contributed by atoms with Crippen LogP contribution in [0, 0.1) is 23.3 Å². The zero-order valence-corrected chi connectivity index (χ0v) is 36.4. The predicted molar refractivity (Wildman–Crippen MR) is 235 cm³/mol. The van der Waals surface area contributed by atoms with Gasteiger partial charge in [-0.05, 0) is 120 Å². The third-order valence-corrected chi connectivity index (χ3v) is 13.8. The number of benzene rings is 4. The van der Waals surface area contributed by atoms with Crippen molar-refractivity contribution in [2.24, 2.45) is 21.7 Å². The second kappa shape index (κ2) is 19.0. The van der Waals surface area contributed by atoms with Crippen molar-refractivity contribution in [2.45, 2.75) is 99.4 Å². The van der Waals surface area contributed by atoms with Crippen molar-refractivity contribution in [3.8, 4) is 0 Å². The van der Waals surface area contributed by atoms with Gasteiger partial charge in [-0.1, -0.05) is 84.2 Å². The van der Waals surface area contributed by atoms with E-state index in [0.29, 0.717) is 36.8 Å². The molecule has 0 bridgehead atoms. The first-order chi connectivity index (χ1) is 29.7. The fourth-order valence-corrected chi connectivity index (χ4v) is 10.7. The Hall–Kier alpha value is -4.58. The molecule has 0 radical (unpaired) electrons. The molecule has 62 heavy (non-hydrogen) atoms. The minimum absolute atomic E-state index is 0.0677. The first-order valence-electron chi connectivity index (χ1n) is 20.7. The Kier molecular flexibility index (Phi) is 13.9. The summed E-state index contributed by atoms with van der Waals surface area (Å²) in [4.78, 5) is 28.5. The quantitative estimate of drug-likeness (QED) is 0.0948. The van der Waals surface area contributed by atoms with Crippen molar-refractivity contribution in [2.75, 3.05) is 13.1 Å². The fraction of sp³-hybridized carbons (Fsp3) is 0.391. The van der Waals surface area contributed by atoms with Gasteiger partial charge in [0.05, 0.1) is 12.2 Å². The van der Waals surface area contributed by atoms with Crippen molar-refractivity contribution in [1.29, 1.82) is 0 Å². The molecule has 0 saturated heterocycles. The Balaban J connectivity index is 1.35. The molecule has 4 N–H and O–H groups in total. The number of rotatable bonds is 18. The molecule has 7 rings (SSSR count). The minimum atomic E-state index is -1.84. The second-order valence-corrected chi connectivity index (χ2v) is 18.6. The van der Waals surface area contributed by atoms with E-state index in [4.69, 9.17) is 31.1 Å². The number of halogens is 4. The summed E-state index contributed by atoms with van der Waals surface area (Å²) in [5.41, 5.74) is 11.4. The maximum atomic E-state index is 15.6. The lowest BCUT2D eigenvalue weighted by Gasteiger charge is -2.42. The Morgan fingerprint density at radius 1 is 0.758 bits per heavy atom. The van der Waals surface area contributed by atoms with Crippen LogP contribution >= 0.6 is 23.5 Å². The van der Waals surface area contributed by atoms with Crippen LogP contribution in [0.4, 0.5) is 17.6 Å². The molecule has 4 aromatic carbocycles. The van der Waals surface area contributed by atoms with Crippen LogP contribution < -0.4 is 11.5 Å². The van der Waals surface area contributed by atoms with E-state index in [1.165, 1.54) is 10.0 Å². The normalized spacial score (nSPS) is 21.5. The molecule has 0 spiro atoms. The van der Waals surface area contributed by atoms with Gasteiger partial charge in [0.25, 0.3) is 11.8 Å². The number of ether oxygens (including phenoxy) is 2. The van der Waals surface area contributed by atoms with E-state index in [1.54, 1.807) is 20.8 Å². The molecule has 3 aliphatic rings. The van der Waals surface area contributed by atoms with Crippen LogP contribution in [0.5, 0.6) is 0 Å². The average Bonchev–Trinajstić information content (AvgIpc) is 3.88. The summed E-state index contributed by atoms with van der Waals surface area (Å²) in [5, 5.41) is 12.2. The van der Waals surface area contributed by atoms with Crippen molar-refractivity contribution in [3.63, 3.8) is 0 Å². The topological polar surface area (TPSA) is 136 Å².